The summed E-state index contributed by atoms with van der Waals surface area (Å²) in [4.78, 5) is 10.9. The Morgan fingerprint density at radius 3 is 2.37 bits per heavy atom. The molecule has 2 aromatic rings. The highest BCUT2D eigenvalue weighted by atomic mass is 19.3. The van der Waals surface area contributed by atoms with E-state index in [0.717, 1.165) is 12.1 Å². The van der Waals surface area contributed by atoms with E-state index in [2.05, 4.69) is 0 Å². The molecule has 1 amide bonds. The highest BCUT2D eigenvalue weighted by molar-refractivity contribution is 5.86. The number of carbonyl (C=O) groups excluding carboxylic acids is 1. The number of nitrogens with two attached hydrogens (primary N) is 1. The average molecular weight is 265 g/mol. The maximum atomic E-state index is 13.8. The Morgan fingerprint density at radius 1 is 1.05 bits per heavy atom. The van der Waals surface area contributed by atoms with E-state index in [1.807, 2.05) is 0 Å². The lowest BCUT2D eigenvalue weighted by molar-refractivity contribution is -0.143. The van der Waals surface area contributed by atoms with Crippen LogP contribution in [0.5, 0.6) is 0 Å². The van der Waals surface area contributed by atoms with Gasteiger partial charge in [0.15, 0.2) is 0 Å². The van der Waals surface area contributed by atoms with Gasteiger partial charge in [0.1, 0.15) is 5.82 Å². The van der Waals surface area contributed by atoms with E-state index in [0.29, 0.717) is 0 Å². The highest BCUT2D eigenvalue weighted by Crippen LogP contribution is 2.35. The third kappa shape index (κ3) is 2.45. The molecule has 0 aromatic heterocycles. The molecule has 0 aliphatic rings. The van der Waals surface area contributed by atoms with Crippen molar-refractivity contribution >= 4 is 5.91 Å². The van der Waals surface area contributed by atoms with Gasteiger partial charge in [-0.1, -0.05) is 36.4 Å². The van der Waals surface area contributed by atoms with Crippen LogP contribution in [0.3, 0.4) is 0 Å². The number of hydrogen-bond acceptors (Lipinski definition) is 1. The maximum Gasteiger partial charge on any atom is 0.350 e. The van der Waals surface area contributed by atoms with Gasteiger partial charge in [0.05, 0.1) is 0 Å². The van der Waals surface area contributed by atoms with Gasteiger partial charge in [-0.25, -0.2) is 4.39 Å². The van der Waals surface area contributed by atoms with Crippen LogP contribution in [-0.4, -0.2) is 5.91 Å². The molecule has 0 saturated carbocycles. The van der Waals surface area contributed by atoms with Crippen LogP contribution >= 0.6 is 0 Å². The van der Waals surface area contributed by atoms with E-state index in [-0.39, 0.29) is 11.1 Å². The molecule has 0 aliphatic carbocycles. The number of halogens is 3. The van der Waals surface area contributed by atoms with Gasteiger partial charge in [0.25, 0.3) is 5.91 Å². The quantitative estimate of drug-likeness (QED) is 0.910. The molecule has 0 radical (unpaired) electrons. The summed E-state index contributed by atoms with van der Waals surface area (Å²) in [7, 11) is 0. The third-order valence-corrected chi connectivity index (χ3v) is 2.71. The summed E-state index contributed by atoms with van der Waals surface area (Å²) in [6.07, 6.45) is 0. The van der Waals surface area contributed by atoms with Gasteiger partial charge in [0.2, 0.25) is 0 Å². The highest BCUT2D eigenvalue weighted by Gasteiger charge is 2.40. The second-order valence-electron chi connectivity index (χ2n) is 3.99. The minimum absolute atomic E-state index is 0.0748. The second kappa shape index (κ2) is 4.76. The number of alkyl halides is 2. The smallest absolute Gasteiger partial charge is 0.350 e. The Morgan fingerprint density at radius 2 is 1.74 bits per heavy atom. The Hall–Kier alpha value is -2.30. The normalized spacial score (nSPS) is 11.3. The van der Waals surface area contributed by atoms with E-state index in [4.69, 9.17) is 5.73 Å². The number of primary amides is 1. The second-order valence-corrected chi connectivity index (χ2v) is 3.99. The van der Waals surface area contributed by atoms with Gasteiger partial charge < -0.3 is 5.73 Å². The molecule has 2 N–H and O–H groups in total. The minimum atomic E-state index is -3.80. The van der Waals surface area contributed by atoms with Gasteiger partial charge in [0, 0.05) is 5.56 Å². The average Bonchev–Trinajstić information content (AvgIpc) is 2.38. The fourth-order valence-electron chi connectivity index (χ4n) is 1.80. The SMILES string of the molecule is NC(=O)C(F)(F)c1ccccc1-c1cccc(F)c1. The van der Waals surface area contributed by atoms with Crippen LogP contribution in [0.1, 0.15) is 5.56 Å². The van der Waals surface area contributed by atoms with Crippen molar-refractivity contribution in [1.29, 1.82) is 0 Å². The van der Waals surface area contributed by atoms with Crippen LogP contribution in [0.2, 0.25) is 0 Å². The first-order chi connectivity index (χ1) is 8.93. The van der Waals surface area contributed by atoms with E-state index in [1.165, 1.54) is 36.4 Å². The van der Waals surface area contributed by atoms with Gasteiger partial charge in [-0.05, 0) is 23.3 Å². The van der Waals surface area contributed by atoms with Crippen molar-refractivity contribution in [3.05, 3.63) is 59.9 Å². The molecule has 0 fully saturated rings. The number of hydrogen-bond donors (Lipinski definition) is 1. The lowest BCUT2D eigenvalue weighted by Gasteiger charge is -2.17. The molecule has 19 heavy (non-hydrogen) atoms. The molecule has 0 unspecified atom stereocenters. The first kappa shape index (κ1) is 13.1. The lowest BCUT2D eigenvalue weighted by atomic mass is 9.95. The first-order valence-electron chi connectivity index (χ1n) is 5.46. The van der Waals surface area contributed by atoms with Gasteiger partial charge >= 0.3 is 5.92 Å². The van der Waals surface area contributed by atoms with Crippen molar-refractivity contribution in [2.24, 2.45) is 5.73 Å². The molecule has 2 nitrogen and oxygen atoms in total. The Balaban J connectivity index is 2.63. The summed E-state index contributed by atoms with van der Waals surface area (Å²) < 4.78 is 40.7. The summed E-state index contributed by atoms with van der Waals surface area (Å²) in [5.41, 5.74) is 4.52. The Kier molecular flexibility index (Phi) is 3.29. The molecule has 0 atom stereocenters. The fourth-order valence-corrected chi connectivity index (χ4v) is 1.80. The van der Waals surface area contributed by atoms with Crippen LogP contribution in [-0.2, 0) is 10.7 Å². The fraction of sp³-hybridized carbons (Fsp3) is 0.0714. The molecule has 5 heteroatoms. The Labute approximate surface area is 107 Å². The molecule has 0 saturated heterocycles. The molecule has 0 heterocycles. The number of rotatable bonds is 3. The van der Waals surface area contributed by atoms with Crippen molar-refractivity contribution < 1.29 is 18.0 Å². The minimum Gasteiger partial charge on any atom is -0.364 e. The zero-order chi connectivity index (χ0) is 14.0. The monoisotopic (exact) mass is 265 g/mol. The summed E-state index contributed by atoms with van der Waals surface area (Å²) in [6, 6.07) is 10.6. The summed E-state index contributed by atoms with van der Waals surface area (Å²) in [6.45, 7) is 0. The Bertz CT molecular complexity index is 626. The summed E-state index contributed by atoms with van der Waals surface area (Å²) in [5, 5.41) is 0. The van der Waals surface area contributed by atoms with Gasteiger partial charge in [-0.15, -0.1) is 0 Å². The predicted octanol–water partition coefficient (Wildman–Crippen LogP) is 3.07. The number of carbonyl (C=O) groups is 1. The molecule has 0 aliphatic heterocycles. The number of amides is 1. The first-order valence-corrected chi connectivity index (χ1v) is 5.46. The van der Waals surface area contributed by atoms with Gasteiger partial charge in [-0.3, -0.25) is 4.79 Å². The summed E-state index contributed by atoms with van der Waals surface area (Å²) >= 11 is 0. The van der Waals surface area contributed by atoms with Crippen molar-refractivity contribution in [2.75, 3.05) is 0 Å². The molecule has 2 rings (SSSR count). The maximum absolute atomic E-state index is 13.8. The van der Waals surface area contributed by atoms with Crippen LogP contribution < -0.4 is 5.73 Å². The van der Waals surface area contributed by atoms with E-state index in [1.54, 1.807) is 0 Å². The van der Waals surface area contributed by atoms with E-state index < -0.39 is 23.2 Å². The molecule has 0 bridgehead atoms. The molecular weight excluding hydrogens is 255 g/mol. The summed E-state index contributed by atoms with van der Waals surface area (Å²) in [5.74, 6) is -6.09. The van der Waals surface area contributed by atoms with Crippen LogP contribution in [0, 0.1) is 5.82 Å². The van der Waals surface area contributed by atoms with Gasteiger partial charge in [-0.2, -0.15) is 8.78 Å². The van der Waals surface area contributed by atoms with Crippen LogP contribution in [0.25, 0.3) is 11.1 Å². The van der Waals surface area contributed by atoms with Crippen molar-refractivity contribution in [3.8, 4) is 11.1 Å². The number of benzene rings is 2. The molecule has 0 spiro atoms. The standard InChI is InChI=1S/C14H10F3NO/c15-10-5-3-4-9(8-10)11-6-1-2-7-12(11)14(16,17)13(18)19/h1-8H,(H2,18,19). The van der Waals surface area contributed by atoms with Crippen molar-refractivity contribution in [3.63, 3.8) is 0 Å². The molecule has 98 valence electrons. The lowest BCUT2D eigenvalue weighted by Crippen LogP contribution is -2.33. The van der Waals surface area contributed by atoms with E-state index in [9.17, 15) is 18.0 Å². The molecular formula is C14H10F3NO. The predicted molar refractivity (Wildman–Crippen MR) is 64.9 cm³/mol. The molecule has 2 aromatic carbocycles. The van der Waals surface area contributed by atoms with E-state index >= 15 is 0 Å². The zero-order valence-corrected chi connectivity index (χ0v) is 9.74. The largest absolute Gasteiger partial charge is 0.364 e. The van der Waals surface area contributed by atoms with Crippen LogP contribution in [0.4, 0.5) is 13.2 Å². The topological polar surface area (TPSA) is 43.1 Å². The van der Waals surface area contributed by atoms with Crippen molar-refractivity contribution in [1.82, 2.24) is 0 Å². The third-order valence-electron chi connectivity index (χ3n) is 2.71. The zero-order valence-electron chi connectivity index (χ0n) is 9.74. The van der Waals surface area contributed by atoms with Crippen molar-refractivity contribution in [2.45, 2.75) is 5.92 Å². The van der Waals surface area contributed by atoms with Crippen LogP contribution in [0.15, 0.2) is 48.5 Å².